The number of nitrogens with zero attached hydrogens (tertiary/aromatic N) is 1. The number of carbonyl (C=O) groups is 1. The first-order chi connectivity index (χ1) is 8.45. The Kier molecular flexibility index (Phi) is 5.20. The lowest BCUT2D eigenvalue weighted by Crippen LogP contribution is -2.16. The largest absolute Gasteiger partial charge is 0.484 e. The van der Waals surface area contributed by atoms with E-state index in [0.717, 1.165) is 4.47 Å². The van der Waals surface area contributed by atoms with E-state index in [-0.39, 0.29) is 17.9 Å². The first-order valence-electron chi connectivity index (χ1n) is 4.93. The molecular weight excluding hydrogens is 320 g/mol. The second kappa shape index (κ2) is 6.43. The number of benzene rings is 1. The molecule has 94 valence electrons. The number of hydrogen-bond donors (Lipinski definition) is 1. The van der Waals surface area contributed by atoms with Gasteiger partial charge in [0.1, 0.15) is 17.4 Å². The SMILES string of the molecule is CC(N)=C(C#N)C(=O)COc1ccc(Br)cc1Cl. The number of halogens is 2. The highest BCUT2D eigenvalue weighted by molar-refractivity contribution is 9.10. The Morgan fingerprint density at radius 3 is 2.78 bits per heavy atom. The van der Waals surface area contributed by atoms with Crippen LogP contribution in [0.2, 0.25) is 5.02 Å². The number of Topliss-reactive ketones (excluding diaryl/α,β-unsaturated/α-hetero) is 1. The standard InChI is InChI=1S/C12H10BrClN2O2/c1-7(16)9(5-15)11(17)6-18-12-3-2-8(13)4-10(12)14/h2-4H,6,16H2,1H3. The Labute approximate surface area is 118 Å². The fraction of sp³-hybridized carbons (Fsp3) is 0.167. The van der Waals surface area contributed by atoms with Crippen LogP contribution in [0.15, 0.2) is 33.9 Å². The molecule has 18 heavy (non-hydrogen) atoms. The minimum Gasteiger partial charge on any atom is -0.484 e. The lowest BCUT2D eigenvalue weighted by Gasteiger charge is -2.07. The van der Waals surface area contributed by atoms with Crippen molar-refractivity contribution in [3.05, 3.63) is 39.0 Å². The van der Waals surface area contributed by atoms with Crippen LogP contribution >= 0.6 is 27.5 Å². The van der Waals surface area contributed by atoms with Gasteiger partial charge in [-0.2, -0.15) is 5.26 Å². The second-order valence-corrected chi connectivity index (χ2v) is 4.78. The second-order valence-electron chi connectivity index (χ2n) is 3.46. The Morgan fingerprint density at radius 1 is 1.61 bits per heavy atom. The van der Waals surface area contributed by atoms with Crippen molar-refractivity contribution in [2.45, 2.75) is 6.92 Å². The van der Waals surface area contributed by atoms with E-state index in [9.17, 15) is 4.79 Å². The third kappa shape index (κ3) is 3.76. The van der Waals surface area contributed by atoms with Gasteiger partial charge in [-0.15, -0.1) is 0 Å². The Hall–Kier alpha value is -1.51. The average molecular weight is 330 g/mol. The third-order valence-corrected chi connectivity index (χ3v) is 2.83. The summed E-state index contributed by atoms with van der Waals surface area (Å²) in [5.74, 6) is -0.100. The number of rotatable bonds is 4. The molecule has 0 aliphatic rings. The first-order valence-corrected chi connectivity index (χ1v) is 6.10. The predicted octanol–water partition coefficient (Wildman–Crippen LogP) is 2.81. The first kappa shape index (κ1) is 14.6. The molecule has 0 bridgehead atoms. The number of ether oxygens (including phenoxy) is 1. The molecule has 0 fully saturated rings. The lowest BCUT2D eigenvalue weighted by atomic mass is 10.1. The summed E-state index contributed by atoms with van der Waals surface area (Å²) in [6.07, 6.45) is 0. The quantitative estimate of drug-likeness (QED) is 0.681. The Morgan fingerprint density at radius 2 is 2.28 bits per heavy atom. The van der Waals surface area contributed by atoms with Crippen molar-refractivity contribution in [3.8, 4) is 11.8 Å². The smallest absolute Gasteiger partial charge is 0.212 e. The molecular formula is C12H10BrClN2O2. The molecule has 0 aliphatic heterocycles. The third-order valence-electron chi connectivity index (χ3n) is 2.04. The maximum Gasteiger partial charge on any atom is 0.212 e. The van der Waals surface area contributed by atoms with Crippen LogP contribution in [0, 0.1) is 11.3 Å². The summed E-state index contributed by atoms with van der Waals surface area (Å²) in [6.45, 7) is 1.21. The highest BCUT2D eigenvalue weighted by Crippen LogP contribution is 2.27. The zero-order valence-corrected chi connectivity index (χ0v) is 11.9. The Bertz CT molecular complexity index is 545. The number of hydrogen-bond acceptors (Lipinski definition) is 4. The predicted molar refractivity (Wildman–Crippen MR) is 72.2 cm³/mol. The van der Waals surface area contributed by atoms with Crippen LogP contribution in [0.5, 0.6) is 5.75 Å². The number of carbonyl (C=O) groups excluding carboxylic acids is 1. The molecule has 0 heterocycles. The van der Waals surface area contributed by atoms with Crippen LogP contribution in [0.3, 0.4) is 0 Å². The zero-order chi connectivity index (χ0) is 13.7. The highest BCUT2D eigenvalue weighted by atomic mass is 79.9. The molecule has 0 amide bonds. The van der Waals surface area contributed by atoms with Crippen molar-refractivity contribution in [1.29, 1.82) is 5.26 Å². The molecule has 0 unspecified atom stereocenters. The maximum absolute atomic E-state index is 11.6. The van der Waals surface area contributed by atoms with Gasteiger partial charge >= 0.3 is 0 Å². The molecule has 0 radical (unpaired) electrons. The van der Waals surface area contributed by atoms with Gasteiger partial charge in [0.2, 0.25) is 5.78 Å². The minimum atomic E-state index is -0.475. The van der Waals surface area contributed by atoms with Gasteiger partial charge in [-0.05, 0) is 25.1 Å². The molecule has 0 aliphatic carbocycles. The van der Waals surface area contributed by atoms with Gasteiger partial charge in [0, 0.05) is 10.2 Å². The van der Waals surface area contributed by atoms with Crippen LogP contribution in [0.25, 0.3) is 0 Å². The molecule has 0 spiro atoms. The lowest BCUT2D eigenvalue weighted by molar-refractivity contribution is -0.117. The number of ketones is 1. The van der Waals surface area contributed by atoms with E-state index in [4.69, 9.17) is 27.3 Å². The van der Waals surface area contributed by atoms with Gasteiger partial charge in [0.25, 0.3) is 0 Å². The van der Waals surface area contributed by atoms with Crippen LogP contribution in [-0.4, -0.2) is 12.4 Å². The van der Waals surface area contributed by atoms with E-state index >= 15 is 0 Å². The summed E-state index contributed by atoms with van der Waals surface area (Å²) >= 11 is 9.18. The molecule has 0 saturated heterocycles. The maximum atomic E-state index is 11.6. The van der Waals surface area contributed by atoms with Crippen molar-refractivity contribution in [2.24, 2.45) is 5.73 Å². The van der Waals surface area contributed by atoms with Crippen LogP contribution in [0.4, 0.5) is 0 Å². The zero-order valence-electron chi connectivity index (χ0n) is 9.54. The van der Waals surface area contributed by atoms with Crippen molar-refractivity contribution < 1.29 is 9.53 Å². The summed E-state index contributed by atoms with van der Waals surface area (Å²) in [7, 11) is 0. The van der Waals surface area contributed by atoms with Gasteiger partial charge in [-0.25, -0.2) is 0 Å². The average Bonchev–Trinajstić information content (AvgIpc) is 2.28. The number of nitriles is 1. The Balaban J connectivity index is 2.75. The summed E-state index contributed by atoms with van der Waals surface area (Å²) < 4.78 is 6.05. The minimum absolute atomic E-state index is 0.0942. The van der Waals surface area contributed by atoms with Gasteiger partial charge < -0.3 is 10.5 Å². The fourth-order valence-corrected chi connectivity index (χ4v) is 1.91. The number of nitrogens with two attached hydrogens (primary N) is 1. The van der Waals surface area contributed by atoms with E-state index in [1.54, 1.807) is 24.3 Å². The molecule has 6 heteroatoms. The summed E-state index contributed by atoms with van der Waals surface area (Å²) in [5, 5.41) is 9.14. The van der Waals surface area contributed by atoms with Gasteiger partial charge in [0.05, 0.1) is 5.02 Å². The molecule has 2 N–H and O–H groups in total. The number of allylic oxidation sites excluding steroid dienone is 1. The van der Waals surface area contributed by atoms with E-state index in [0.29, 0.717) is 10.8 Å². The topological polar surface area (TPSA) is 76.1 Å². The van der Waals surface area contributed by atoms with E-state index in [1.807, 2.05) is 0 Å². The molecule has 1 rings (SSSR count). The van der Waals surface area contributed by atoms with Crippen LogP contribution < -0.4 is 10.5 Å². The van der Waals surface area contributed by atoms with Crippen LogP contribution in [0.1, 0.15) is 6.92 Å². The summed E-state index contributed by atoms with van der Waals surface area (Å²) in [5.41, 5.74) is 5.50. The van der Waals surface area contributed by atoms with Crippen molar-refractivity contribution in [3.63, 3.8) is 0 Å². The molecule has 0 saturated carbocycles. The van der Waals surface area contributed by atoms with E-state index in [2.05, 4.69) is 15.9 Å². The van der Waals surface area contributed by atoms with Gasteiger partial charge in [-0.3, -0.25) is 4.79 Å². The van der Waals surface area contributed by atoms with Crippen molar-refractivity contribution >= 4 is 33.3 Å². The van der Waals surface area contributed by atoms with Gasteiger partial charge in [-0.1, -0.05) is 27.5 Å². The van der Waals surface area contributed by atoms with Crippen molar-refractivity contribution in [1.82, 2.24) is 0 Å². The van der Waals surface area contributed by atoms with Gasteiger partial charge in [0.15, 0.2) is 6.61 Å². The molecule has 1 aromatic rings. The molecule has 1 aromatic carbocycles. The fourth-order valence-electron chi connectivity index (χ4n) is 1.18. The summed E-state index contributed by atoms with van der Waals surface area (Å²) in [4.78, 5) is 11.6. The van der Waals surface area contributed by atoms with Crippen molar-refractivity contribution in [2.75, 3.05) is 6.61 Å². The molecule has 4 nitrogen and oxygen atoms in total. The normalized spacial score (nSPS) is 11.4. The van der Waals surface area contributed by atoms with Crippen LogP contribution in [-0.2, 0) is 4.79 Å². The van der Waals surface area contributed by atoms with E-state index in [1.165, 1.54) is 6.92 Å². The molecule has 0 atom stereocenters. The molecule has 0 aromatic heterocycles. The summed E-state index contributed by atoms with van der Waals surface area (Å²) in [6, 6.07) is 6.76. The van der Waals surface area contributed by atoms with E-state index < -0.39 is 5.78 Å². The monoisotopic (exact) mass is 328 g/mol. The highest BCUT2D eigenvalue weighted by Gasteiger charge is 2.13.